The summed E-state index contributed by atoms with van der Waals surface area (Å²) in [6, 6.07) is 0. The number of carbonyl (C=O) groups is 2. The zero-order valence-electron chi connectivity index (χ0n) is 22.5. The average molecular weight is 467 g/mol. The first kappa shape index (κ1) is 31.7. The molecule has 0 aromatic rings. The van der Waals surface area contributed by atoms with Crippen molar-refractivity contribution >= 4 is 11.9 Å². The lowest BCUT2D eigenvalue weighted by Gasteiger charge is -2.24. The second kappa shape index (κ2) is 22.5. The van der Waals surface area contributed by atoms with Gasteiger partial charge in [-0.1, -0.05) is 131 Å². The van der Waals surface area contributed by atoms with Gasteiger partial charge in [-0.05, 0) is 18.3 Å². The molecule has 0 aliphatic rings. The van der Waals surface area contributed by atoms with Gasteiger partial charge in [-0.3, -0.25) is 0 Å². The molecule has 4 heteroatoms. The van der Waals surface area contributed by atoms with Crippen LogP contribution in [0.3, 0.4) is 0 Å². The fourth-order valence-electron chi connectivity index (χ4n) is 4.22. The molecule has 4 nitrogen and oxygen atoms in total. The maximum absolute atomic E-state index is 11.9. The normalized spacial score (nSPS) is 11.8. The third-order valence-corrected chi connectivity index (χ3v) is 6.16. The van der Waals surface area contributed by atoms with Gasteiger partial charge in [0, 0.05) is 12.2 Å². The van der Waals surface area contributed by atoms with Crippen molar-refractivity contribution < 1.29 is 19.1 Å². The van der Waals surface area contributed by atoms with Crippen LogP contribution in [-0.2, 0) is 19.1 Å². The molecule has 0 spiro atoms. The zero-order chi connectivity index (χ0) is 24.7. The Morgan fingerprint density at radius 1 is 0.576 bits per heavy atom. The molecule has 0 saturated heterocycles. The molecule has 33 heavy (non-hydrogen) atoms. The van der Waals surface area contributed by atoms with Crippen molar-refractivity contribution in [3.8, 4) is 0 Å². The van der Waals surface area contributed by atoms with E-state index in [0.29, 0.717) is 6.61 Å². The molecule has 0 aliphatic carbocycles. The molecule has 194 valence electrons. The summed E-state index contributed by atoms with van der Waals surface area (Å²) in [5, 5.41) is 0. The van der Waals surface area contributed by atoms with Crippen LogP contribution in [0.4, 0.5) is 0 Å². The zero-order valence-corrected chi connectivity index (χ0v) is 22.5. The van der Waals surface area contributed by atoms with E-state index in [9.17, 15) is 9.59 Å². The van der Waals surface area contributed by atoms with Gasteiger partial charge in [-0.2, -0.15) is 0 Å². The Kier molecular flexibility index (Phi) is 21.6. The molecule has 0 amide bonds. The molecular weight excluding hydrogens is 412 g/mol. The largest absolute Gasteiger partial charge is 0.463 e. The molecule has 0 bridgehead atoms. The molecule has 0 atom stereocenters. The molecule has 0 aromatic carbocycles. The van der Waals surface area contributed by atoms with E-state index >= 15 is 0 Å². The predicted octanol–water partition coefficient (Wildman–Crippen LogP) is 8.57. The van der Waals surface area contributed by atoms with Crippen molar-refractivity contribution in [1.29, 1.82) is 0 Å². The maximum atomic E-state index is 11.9. The Morgan fingerprint density at radius 3 is 1.33 bits per heavy atom. The predicted molar refractivity (Wildman–Crippen MR) is 139 cm³/mol. The molecule has 0 aromatic heterocycles. The summed E-state index contributed by atoms with van der Waals surface area (Å²) in [5.41, 5.74) is 0. The van der Waals surface area contributed by atoms with E-state index < -0.39 is 11.9 Å². The minimum atomic E-state index is -0.484. The first-order valence-corrected chi connectivity index (χ1v) is 13.9. The molecular formula is C29H54O4. The van der Waals surface area contributed by atoms with Crippen molar-refractivity contribution in [2.75, 3.05) is 6.61 Å². The van der Waals surface area contributed by atoms with Crippen LogP contribution in [0.15, 0.2) is 12.2 Å². The second-order valence-electron chi connectivity index (χ2n) is 10.2. The van der Waals surface area contributed by atoms with Gasteiger partial charge >= 0.3 is 11.9 Å². The van der Waals surface area contributed by atoms with Gasteiger partial charge in [0.15, 0.2) is 0 Å². The van der Waals surface area contributed by atoms with E-state index in [1.807, 2.05) is 27.7 Å². The van der Waals surface area contributed by atoms with E-state index in [2.05, 4.69) is 6.92 Å². The van der Waals surface area contributed by atoms with Crippen molar-refractivity contribution in [3.63, 3.8) is 0 Å². The number of hydrogen-bond acceptors (Lipinski definition) is 4. The Labute approximate surface area is 205 Å². The number of esters is 2. The molecule has 0 rings (SSSR count). The molecule has 0 unspecified atom stereocenters. The summed E-state index contributed by atoms with van der Waals surface area (Å²) >= 11 is 0. The van der Waals surface area contributed by atoms with Crippen LogP contribution in [0.25, 0.3) is 0 Å². The van der Waals surface area contributed by atoms with Crippen molar-refractivity contribution in [1.82, 2.24) is 0 Å². The molecule has 0 fully saturated rings. The molecule has 0 N–H and O–H groups in total. The smallest absolute Gasteiger partial charge is 0.331 e. The van der Waals surface area contributed by atoms with Gasteiger partial charge in [0.05, 0.1) is 6.61 Å². The lowest BCUT2D eigenvalue weighted by Crippen LogP contribution is -2.28. The van der Waals surface area contributed by atoms with Crippen LogP contribution in [0, 0.1) is 11.8 Å². The minimum Gasteiger partial charge on any atom is -0.463 e. The fraction of sp³-hybridized carbons (Fsp3) is 0.862. The van der Waals surface area contributed by atoms with Gasteiger partial charge < -0.3 is 9.47 Å². The summed E-state index contributed by atoms with van der Waals surface area (Å²) in [6.45, 7) is 10.8. The SMILES string of the molecule is CCCCCCCCCCCCCCCCCCOC(=O)/C=C/C(=O)OC(C(C)C)C(C)C. The van der Waals surface area contributed by atoms with Crippen LogP contribution in [-0.4, -0.2) is 24.6 Å². The van der Waals surface area contributed by atoms with E-state index in [-0.39, 0.29) is 17.9 Å². The summed E-state index contributed by atoms with van der Waals surface area (Å²) in [4.78, 5) is 23.6. The first-order valence-electron chi connectivity index (χ1n) is 13.9. The summed E-state index contributed by atoms with van der Waals surface area (Å²) in [7, 11) is 0. The van der Waals surface area contributed by atoms with E-state index in [4.69, 9.17) is 9.47 Å². The molecule has 0 radical (unpaired) electrons. The third kappa shape index (κ3) is 21.0. The summed E-state index contributed by atoms with van der Waals surface area (Å²) in [6.07, 6.45) is 23.3. The average Bonchev–Trinajstić information content (AvgIpc) is 2.77. The van der Waals surface area contributed by atoms with Crippen LogP contribution in [0.1, 0.15) is 137 Å². The summed E-state index contributed by atoms with van der Waals surface area (Å²) < 4.78 is 10.6. The molecule has 0 saturated carbocycles. The van der Waals surface area contributed by atoms with Gasteiger partial charge in [-0.15, -0.1) is 0 Å². The van der Waals surface area contributed by atoms with E-state index in [0.717, 1.165) is 12.8 Å². The van der Waals surface area contributed by atoms with Crippen LogP contribution < -0.4 is 0 Å². The van der Waals surface area contributed by atoms with Crippen LogP contribution >= 0.6 is 0 Å². The third-order valence-electron chi connectivity index (χ3n) is 6.16. The van der Waals surface area contributed by atoms with Gasteiger partial charge in [-0.25, -0.2) is 9.59 Å². The van der Waals surface area contributed by atoms with Crippen LogP contribution in [0.5, 0.6) is 0 Å². The summed E-state index contributed by atoms with van der Waals surface area (Å²) in [5.74, 6) is -0.478. The lowest BCUT2D eigenvalue weighted by molar-refractivity contribution is -0.148. The highest BCUT2D eigenvalue weighted by atomic mass is 16.5. The van der Waals surface area contributed by atoms with Gasteiger partial charge in [0.25, 0.3) is 0 Å². The van der Waals surface area contributed by atoms with E-state index in [1.165, 1.54) is 102 Å². The molecule has 0 heterocycles. The number of unbranched alkanes of at least 4 members (excludes halogenated alkanes) is 15. The maximum Gasteiger partial charge on any atom is 0.331 e. The number of ether oxygens (including phenoxy) is 2. The van der Waals surface area contributed by atoms with E-state index in [1.54, 1.807) is 0 Å². The minimum absolute atomic E-state index is 0.150. The van der Waals surface area contributed by atoms with Crippen molar-refractivity contribution in [2.24, 2.45) is 11.8 Å². The Bertz CT molecular complexity index is 488. The van der Waals surface area contributed by atoms with Crippen molar-refractivity contribution in [3.05, 3.63) is 12.2 Å². The second-order valence-corrected chi connectivity index (χ2v) is 10.2. The Morgan fingerprint density at radius 2 is 0.939 bits per heavy atom. The highest BCUT2D eigenvalue weighted by Crippen LogP contribution is 2.16. The Balaban J connectivity index is 3.50. The standard InChI is InChI=1S/C29H54O4/c1-6-7-8-9-10-11-12-13-14-15-16-17-18-19-20-21-24-32-27(30)22-23-28(31)33-29(25(2)3)26(4)5/h22-23,25-26,29H,6-21,24H2,1-5H3/b23-22+. The highest BCUT2D eigenvalue weighted by Gasteiger charge is 2.20. The monoisotopic (exact) mass is 466 g/mol. The van der Waals surface area contributed by atoms with Gasteiger partial charge in [0.2, 0.25) is 0 Å². The van der Waals surface area contributed by atoms with Crippen molar-refractivity contribution in [2.45, 2.75) is 143 Å². The fourth-order valence-corrected chi connectivity index (χ4v) is 4.22. The number of hydrogen-bond donors (Lipinski definition) is 0. The van der Waals surface area contributed by atoms with Gasteiger partial charge in [0.1, 0.15) is 6.10 Å². The topological polar surface area (TPSA) is 52.6 Å². The quantitative estimate of drug-likeness (QED) is 0.0910. The first-order chi connectivity index (χ1) is 15.9. The number of rotatable bonds is 22. The Hall–Kier alpha value is -1.32. The highest BCUT2D eigenvalue weighted by molar-refractivity contribution is 5.91. The number of carbonyl (C=O) groups excluding carboxylic acids is 2. The van der Waals surface area contributed by atoms with Crippen LogP contribution in [0.2, 0.25) is 0 Å². The molecule has 0 aliphatic heterocycles. The lowest BCUT2D eigenvalue weighted by atomic mass is 9.96.